The quantitative estimate of drug-likeness (QED) is 0.274. The molecule has 1 heterocycles. The van der Waals surface area contributed by atoms with E-state index in [0.29, 0.717) is 39.7 Å². The summed E-state index contributed by atoms with van der Waals surface area (Å²) >= 11 is 0. The first-order valence-electron chi connectivity index (χ1n) is 10.6. The third kappa shape index (κ3) is 6.34. The number of benzene rings is 2. The maximum absolute atomic E-state index is 11.8. The number of aromatic nitrogens is 1. The summed E-state index contributed by atoms with van der Waals surface area (Å²) < 4.78 is 27.6. The summed E-state index contributed by atoms with van der Waals surface area (Å²) in [6.45, 7) is 2.14. The normalized spacial score (nSPS) is 12.4. The van der Waals surface area contributed by atoms with Crippen LogP contribution in [0.2, 0.25) is 0 Å². The predicted molar refractivity (Wildman–Crippen MR) is 128 cm³/mol. The van der Waals surface area contributed by atoms with E-state index in [1.165, 1.54) is 6.07 Å². The number of hydrogen-bond donors (Lipinski definition) is 3. The van der Waals surface area contributed by atoms with Crippen LogP contribution in [0.25, 0.3) is 10.9 Å². The van der Waals surface area contributed by atoms with Gasteiger partial charge in [-0.25, -0.2) is 0 Å². The molecule has 0 aliphatic heterocycles. The Hall–Kier alpha value is -3.87. The van der Waals surface area contributed by atoms with Crippen molar-refractivity contribution in [2.24, 2.45) is 0 Å². The Bertz CT molecular complexity index is 1200. The molecule has 2 aromatic carbocycles. The zero-order valence-electron chi connectivity index (χ0n) is 19.3. The second-order valence-electron chi connectivity index (χ2n) is 7.32. The molecule has 9 heteroatoms. The van der Waals surface area contributed by atoms with Crippen molar-refractivity contribution in [2.75, 3.05) is 34.0 Å². The molecule has 2 unspecified atom stereocenters. The minimum atomic E-state index is -0.813. The lowest BCUT2D eigenvalue weighted by molar-refractivity contribution is 0.0872. The average Bonchev–Trinajstić information content (AvgIpc) is 2.84. The number of aliphatic hydroxyl groups excluding tert-OH is 1. The monoisotopic (exact) mass is 468 g/mol. The van der Waals surface area contributed by atoms with E-state index < -0.39 is 6.10 Å². The zero-order valence-corrected chi connectivity index (χ0v) is 19.3. The Balaban J connectivity index is 1.56. The first kappa shape index (κ1) is 24.8. The number of nitrogens with one attached hydrogen (secondary N) is 2. The first-order valence-corrected chi connectivity index (χ1v) is 10.6. The number of aromatic amines is 1. The van der Waals surface area contributed by atoms with E-state index in [2.05, 4.69) is 16.2 Å². The van der Waals surface area contributed by atoms with Gasteiger partial charge in [0.1, 0.15) is 42.8 Å². The molecule has 9 nitrogen and oxygen atoms in total. The van der Waals surface area contributed by atoms with Gasteiger partial charge < -0.3 is 33.8 Å². The Morgan fingerprint density at radius 2 is 1.76 bits per heavy atom. The summed E-state index contributed by atoms with van der Waals surface area (Å²) in [5.74, 6) is 5.09. The maximum atomic E-state index is 11.8. The Morgan fingerprint density at radius 3 is 2.50 bits per heavy atom. The van der Waals surface area contributed by atoms with Crippen molar-refractivity contribution < 1.29 is 28.8 Å². The van der Waals surface area contributed by atoms with Crippen LogP contribution >= 0.6 is 0 Å². The largest absolute Gasteiger partial charge is 0.493 e. The van der Waals surface area contributed by atoms with Gasteiger partial charge in [-0.15, -0.1) is 6.42 Å². The number of fused-ring (bicyclic) bond motifs is 1. The van der Waals surface area contributed by atoms with Gasteiger partial charge in [0.2, 0.25) is 5.56 Å². The van der Waals surface area contributed by atoms with Crippen LogP contribution in [-0.2, 0) is 0 Å². The minimum absolute atomic E-state index is 0.0227. The molecule has 34 heavy (non-hydrogen) atoms. The van der Waals surface area contributed by atoms with Crippen LogP contribution in [0.1, 0.15) is 6.92 Å². The third-order valence-electron chi connectivity index (χ3n) is 4.87. The zero-order chi connectivity index (χ0) is 24.5. The average molecular weight is 469 g/mol. The van der Waals surface area contributed by atoms with Crippen LogP contribution in [-0.4, -0.2) is 56.4 Å². The van der Waals surface area contributed by atoms with Gasteiger partial charge >= 0.3 is 0 Å². The van der Waals surface area contributed by atoms with Crippen molar-refractivity contribution >= 4 is 10.9 Å². The highest BCUT2D eigenvalue weighted by Crippen LogP contribution is 2.32. The van der Waals surface area contributed by atoms with Crippen LogP contribution in [0.3, 0.4) is 0 Å². The highest BCUT2D eigenvalue weighted by Gasteiger charge is 2.13. The second kappa shape index (κ2) is 11.8. The number of H-pyrrole nitrogens is 1. The summed E-state index contributed by atoms with van der Waals surface area (Å²) in [6.07, 6.45) is 4.06. The maximum Gasteiger partial charge on any atom is 0.248 e. The fraction of sp³-hybridized carbons (Fsp3) is 0.320. The van der Waals surface area contributed by atoms with Crippen LogP contribution in [0.5, 0.6) is 28.7 Å². The summed E-state index contributed by atoms with van der Waals surface area (Å²) in [4.78, 5) is 14.5. The second-order valence-corrected chi connectivity index (χ2v) is 7.32. The first-order chi connectivity index (χ1) is 16.4. The molecule has 180 valence electrons. The van der Waals surface area contributed by atoms with Crippen molar-refractivity contribution in [3.8, 4) is 41.1 Å². The molecule has 0 aliphatic carbocycles. The van der Waals surface area contributed by atoms with E-state index in [1.54, 1.807) is 50.6 Å². The SMILES string of the molecule is C#CCOc1ccc(OCC(O)CNC(C)Oc2ccc(OC)c(OC)c2)c2ccc(=O)[nH]c12. The minimum Gasteiger partial charge on any atom is -0.493 e. The lowest BCUT2D eigenvalue weighted by Crippen LogP contribution is -2.39. The van der Waals surface area contributed by atoms with Gasteiger partial charge in [0.05, 0.1) is 19.7 Å². The summed E-state index contributed by atoms with van der Waals surface area (Å²) in [5.41, 5.74) is 0.202. The van der Waals surface area contributed by atoms with Gasteiger partial charge in [-0.2, -0.15) is 0 Å². The van der Waals surface area contributed by atoms with E-state index in [4.69, 9.17) is 30.1 Å². The fourth-order valence-corrected chi connectivity index (χ4v) is 3.25. The summed E-state index contributed by atoms with van der Waals surface area (Å²) in [6, 6.07) is 11.6. The number of terminal acetylenes is 1. The summed E-state index contributed by atoms with van der Waals surface area (Å²) in [5, 5.41) is 14.1. The molecule has 1 aromatic heterocycles. The molecule has 0 radical (unpaired) electrons. The van der Waals surface area contributed by atoms with Crippen molar-refractivity contribution in [3.63, 3.8) is 0 Å². The molecule has 0 saturated heterocycles. The molecule has 2 atom stereocenters. The van der Waals surface area contributed by atoms with Gasteiger partial charge in [0, 0.05) is 24.1 Å². The smallest absolute Gasteiger partial charge is 0.248 e. The van der Waals surface area contributed by atoms with Crippen molar-refractivity contribution in [1.29, 1.82) is 0 Å². The summed E-state index contributed by atoms with van der Waals surface area (Å²) in [7, 11) is 3.12. The molecular weight excluding hydrogens is 440 g/mol. The molecule has 0 amide bonds. The molecule has 0 fully saturated rings. The topological polar surface area (TPSA) is 111 Å². The third-order valence-corrected chi connectivity index (χ3v) is 4.87. The van der Waals surface area contributed by atoms with Gasteiger partial charge in [-0.05, 0) is 37.3 Å². The van der Waals surface area contributed by atoms with Crippen molar-refractivity contribution in [3.05, 3.63) is 52.8 Å². The Labute approximate surface area is 197 Å². The van der Waals surface area contributed by atoms with Crippen LogP contribution in [0.4, 0.5) is 0 Å². The Morgan fingerprint density at radius 1 is 1.03 bits per heavy atom. The lowest BCUT2D eigenvalue weighted by atomic mass is 10.2. The van der Waals surface area contributed by atoms with Gasteiger partial charge in [-0.3, -0.25) is 10.1 Å². The van der Waals surface area contributed by atoms with E-state index in [1.807, 2.05) is 6.92 Å². The van der Waals surface area contributed by atoms with Crippen LogP contribution in [0, 0.1) is 12.3 Å². The van der Waals surface area contributed by atoms with E-state index in [9.17, 15) is 9.90 Å². The number of aliphatic hydroxyl groups is 1. The van der Waals surface area contributed by atoms with Crippen molar-refractivity contribution in [2.45, 2.75) is 19.3 Å². The predicted octanol–water partition coefficient (Wildman–Crippen LogP) is 2.31. The number of rotatable bonds is 12. The van der Waals surface area contributed by atoms with E-state index in [0.717, 1.165) is 0 Å². The molecule has 0 saturated carbocycles. The molecule has 3 rings (SSSR count). The molecule has 0 spiro atoms. The molecular formula is C25H28N2O7. The highest BCUT2D eigenvalue weighted by atomic mass is 16.5. The van der Waals surface area contributed by atoms with E-state index in [-0.39, 0.29) is 31.5 Å². The van der Waals surface area contributed by atoms with E-state index >= 15 is 0 Å². The van der Waals surface area contributed by atoms with Crippen molar-refractivity contribution in [1.82, 2.24) is 10.3 Å². The number of hydrogen-bond acceptors (Lipinski definition) is 8. The Kier molecular flexibility index (Phi) is 8.62. The van der Waals surface area contributed by atoms with Gasteiger partial charge in [0.15, 0.2) is 11.5 Å². The number of ether oxygens (including phenoxy) is 5. The molecule has 3 N–H and O–H groups in total. The highest BCUT2D eigenvalue weighted by molar-refractivity contribution is 5.89. The lowest BCUT2D eigenvalue weighted by Gasteiger charge is -2.20. The van der Waals surface area contributed by atoms with Gasteiger partial charge in [-0.1, -0.05) is 5.92 Å². The molecule has 0 aliphatic rings. The van der Waals surface area contributed by atoms with Gasteiger partial charge in [0.25, 0.3) is 0 Å². The number of methoxy groups -OCH3 is 2. The van der Waals surface area contributed by atoms with Crippen LogP contribution in [0.15, 0.2) is 47.3 Å². The molecule has 0 bridgehead atoms. The number of pyridine rings is 1. The standard InChI is InChI=1S/C25H28N2O7/c1-5-12-32-22-10-9-20(19-7-11-24(29)27-25(19)22)33-15-17(28)14-26-16(2)34-18-6-8-21(30-3)23(13-18)31-4/h1,6-11,13,16-17,26,28H,12,14-15H2,2-4H3,(H,27,29). The fourth-order valence-electron chi connectivity index (χ4n) is 3.25. The molecule has 3 aromatic rings. The van der Waals surface area contributed by atoms with Crippen LogP contribution < -0.4 is 34.6 Å².